The van der Waals surface area contributed by atoms with E-state index in [4.69, 9.17) is 5.11 Å². The Kier molecular flexibility index (Phi) is 4.42. The maximum atomic E-state index is 13.0. The molecule has 1 fully saturated rings. The number of hydrogen-bond donors (Lipinski definition) is 1. The fraction of sp³-hybridized carbons (Fsp3) is 0.450. The van der Waals surface area contributed by atoms with Gasteiger partial charge in [0.15, 0.2) is 0 Å². The van der Waals surface area contributed by atoms with Crippen molar-refractivity contribution in [3.63, 3.8) is 0 Å². The van der Waals surface area contributed by atoms with Crippen molar-refractivity contribution in [1.29, 1.82) is 0 Å². The molecule has 1 amide bonds. The Morgan fingerprint density at radius 2 is 1.96 bits per heavy atom. The largest absolute Gasteiger partial charge is 0.396 e. The summed E-state index contributed by atoms with van der Waals surface area (Å²) in [6.45, 7) is 0.972. The summed E-state index contributed by atoms with van der Waals surface area (Å²) in [5, 5.41) is 8.99. The number of fused-ring (bicyclic) bond motifs is 3. The molecule has 1 aromatic carbocycles. The number of nitrogens with zero attached hydrogens (tertiary/aromatic N) is 1. The number of aliphatic hydroxyl groups excluding tert-OH is 1. The summed E-state index contributed by atoms with van der Waals surface area (Å²) in [5.74, 6) is 0.187. The summed E-state index contributed by atoms with van der Waals surface area (Å²) in [7, 11) is 0. The van der Waals surface area contributed by atoms with Crippen molar-refractivity contribution in [2.75, 3.05) is 13.2 Å². The summed E-state index contributed by atoms with van der Waals surface area (Å²) in [4.78, 5) is 17.2. The normalized spacial score (nSPS) is 15.7. The topological polar surface area (TPSA) is 40.5 Å². The molecule has 0 spiro atoms. The van der Waals surface area contributed by atoms with Crippen LogP contribution < -0.4 is 0 Å². The van der Waals surface area contributed by atoms with Crippen molar-refractivity contribution >= 4 is 17.2 Å². The minimum Gasteiger partial charge on any atom is -0.396 e. The van der Waals surface area contributed by atoms with Gasteiger partial charge in [-0.05, 0) is 61.3 Å². The third-order valence-electron chi connectivity index (χ3n) is 5.00. The monoisotopic (exact) mass is 341 g/mol. The van der Waals surface area contributed by atoms with Gasteiger partial charge in [-0.3, -0.25) is 4.79 Å². The van der Waals surface area contributed by atoms with Crippen molar-refractivity contribution in [1.82, 2.24) is 4.90 Å². The lowest BCUT2D eigenvalue weighted by Crippen LogP contribution is -2.33. The van der Waals surface area contributed by atoms with Gasteiger partial charge in [0.05, 0.1) is 4.88 Å². The fourth-order valence-corrected chi connectivity index (χ4v) is 4.78. The number of thiophene rings is 1. The Balaban J connectivity index is 1.59. The lowest BCUT2D eigenvalue weighted by atomic mass is 9.91. The number of amides is 1. The second kappa shape index (κ2) is 6.69. The fourth-order valence-electron chi connectivity index (χ4n) is 3.55. The summed E-state index contributed by atoms with van der Waals surface area (Å²) >= 11 is 1.66. The van der Waals surface area contributed by atoms with Crippen LogP contribution in [0.2, 0.25) is 0 Å². The van der Waals surface area contributed by atoms with E-state index in [1.165, 1.54) is 21.6 Å². The standard InChI is InChI=1S/C20H23NO2S/c22-12-4-3-11-21(16-9-10-16)20(23)18-13-15-8-7-14-5-1-2-6-17(14)19(15)24-18/h1-2,5-6,13,16,22H,3-4,7-12H2. The molecule has 4 rings (SSSR count). The number of rotatable bonds is 6. The number of carbonyl (C=O) groups excluding carboxylic acids is 1. The van der Waals surface area contributed by atoms with Gasteiger partial charge in [-0.2, -0.15) is 0 Å². The molecule has 0 radical (unpaired) electrons. The molecule has 1 aromatic heterocycles. The molecule has 126 valence electrons. The molecule has 1 heterocycles. The second-order valence-corrected chi connectivity index (χ2v) is 7.83. The molecule has 1 N–H and O–H groups in total. The molecule has 1 saturated carbocycles. The van der Waals surface area contributed by atoms with E-state index in [9.17, 15) is 4.79 Å². The van der Waals surface area contributed by atoms with Gasteiger partial charge in [-0.25, -0.2) is 0 Å². The lowest BCUT2D eigenvalue weighted by molar-refractivity contribution is 0.0742. The Hall–Kier alpha value is -1.65. The Bertz CT molecular complexity index is 748. The van der Waals surface area contributed by atoms with E-state index in [1.807, 2.05) is 4.90 Å². The van der Waals surface area contributed by atoms with E-state index in [2.05, 4.69) is 30.3 Å². The van der Waals surface area contributed by atoms with Crippen LogP contribution in [0, 0.1) is 0 Å². The first kappa shape index (κ1) is 15.9. The first-order chi connectivity index (χ1) is 11.8. The average molecular weight is 341 g/mol. The summed E-state index contributed by atoms with van der Waals surface area (Å²) in [6, 6.07) is 11.1. The predicted molar refractivity (Wildman–Crippen MR) is 97.5 cm³/mol. The summed E-state index contributed by atoms with van der Waals surface area (Å²) in [5.41, 5.74) is 4.03. The molecular weight excluding hydrogens is 318 g/mol. The van der Waals surface area contributed by atoms with Gasteiger partial charge in [-0.15, -0.1) is 11.3 Å². The SMILES string of the molecule is O=C(c1cc2c(s1)-c1ccccc1CC2)N(CCCCO)C1CC1. The van der Waals surface area contributed by atoms with Gasteiger partial charge in [0.1, 0.15) is 0 Å². The van der Waals surface area contributed by atoms with Crippen LogP contribution in [0.25, 0.3) is 10.4 Å². The molecule has 2 aliphatic carbocycles. The smallest absolute Gasteiger partial charge is 0.264 e. The molecule has 0 unspecified atom stereocenters. The van der Waals surface area contributed by atoms with Crippen LogP contribution in [0.3, 0.4) is 0 Å². The van der Waals surface area contributed by atoms with Crippen LogP contribution in [0.15, 0.2) is 30.3 Å². The summed E-state index contributed by atoms with van der Waals surface area (Å²) < 4.78 is 0. The third kappa shape index (κ3) is 3.01. The number of unbranched alkanes of at least 4 members (excludes halogenated alkanes) is 1. The molecule has 0 saturated heterocycles. The van der Waals surface area contributed by atoms with Crippen LogP contribution >= 0.6 is 11.3 Å². The first-order valence-corrected chi connectivity index (χ1v) is 9.72. The zero-order valence-corrected chi connectivity index (χ0v) is 14.6. The van der Waals surface area contributed by atoms with E-state index in [-0.39, 0.29) is 12.5 Å². The van der Waals surface area contributed by atoms with Crippen LogP contribution in [0.5, 0.6) is 0 Å². The molecule has 2 aliphatic rings. The quantitative estimate of drug-likeness (QED) is 0.810. The van der Waals surface area contributed by atoms with Crippen molar-refractivity contribution < 1.29 is 9.90 Å². The Labute approximate surface area is 146 Å². The number of aliphatic hydroxyl groups is 1. The zero-order chi connectivity index (χ0) is 16.5. The molecule has 0 atom stereocenters. The highest BCUT2D eigenvalue weighted by Gasteiger charge is 2.34. The average Bonchev–Trinajstić information content (AvgIpc) is 3.35. The number of aryl methyl sites for hydroxylation is 2. The molecule has 0 bridgehead atoms. The lowest BCUT2D eigenvalue weighted by Gasteiger charge is -2.21. The maximum absolute atomic E-state index is 13.0. The van der Waals surface area contributed by atoms with Gasteiger partial charge >= 0.3 is 0 Å². The van der Waals surface area contributed by atoms with E-state index >= 15 is 0 Å². The third-order valence-corrected chi connectivity index (χ3v) is 6.20. The van der Waals surface area contributed by atoms with E-state index < -0.39 is 0 Å². The molecule has 24 heavy (non-hydrogen) atoms. The highest BCUT2D eigenvalue weighted by molar-refractivity contribution is 7.17. The zero-order valence-electron chi connectivity index (χ0n) is 13.8. The highest BCUT2D eigenvalue weighted by atomic mass is 32.1. The maximum Gasteiger partial charge on any atom is 0.264 e. The minimum absolute atomic E-state index is 0.187. The van der Waals surface area contributed by atoms with Crippen molar-refractivity contribution in [3.8, 4) is 10.4 Å². The number of carbonyl (C=O) groups is 1. The molecule has 4 heteroatoms. The van der Waals surface area contributed by atoms with E-state index in [1.54, 1.807) is 11.3 Å². The Morgan fingerprint density at radius 3 is 2.75 bits per heavy atom. The highest BCUT2D eigenvalue weighted by Crippen LogP contribution is 2.40. The van der Waals surface area contributed by atoms with Gasteiger partial charge in [0.2, 0.25) is 0 Å². The van der Waals surface area contributed by atoms with Crippen LogP contribution in [0.1, 0.15) is 46.5 Å². The van der Waals surface area contributed by atoms with Crippen LogP contribution in [-0.2, 0) is 12.8 Å². The molecule has 2 aromatic rings. The summed E-state index contributed by atoms with van der Waals surface area (Å²) in [6.07, 6.45) is 6.00. The van der Waals surface area contributed by atoms with Gasteiger partial charge < -0.3 is 10.0 Å². The van der Waals surface area contributed by atoms with Crippen molar-refractivity contribution in [3.05, 3.63) is 46.3 Å². The van der Waals surface area contributed by atoms with Crippen molar-refractivity contribution in [2.24, 2.45) is 0 Å². The minimum atomic E-state index is 0.187. The number of hydrogen-bond acceptors (Lipinski definition) is 3. The molecule has 3 nitrogen and oxygen atoms in total. The van der Waals surface area contributed by atoms with Gasteiger partial charge in [-0.1, -0.05) is 24.3 Å². The van der Waals surface area contributed by atoms with Crippen LogP contribution in [-0.4, -0.2) is 35.1 Å². The molecule has 0 aliphatic heterocycles. The first-order valence-electron chi connectivity index (χ1n) is 8.90. The van der Waals surface area contributed by atoms with E-state index in [0.717, 1.165) is 49.9 Å². The van der Waals surface area contributed by atoms with Crippen molar-refractivity contribution in [2.45, 2.75) is 44.6 Å². The second-order valence-electron chi connectivity index (χ2n) is 6.78. The van der Waals surface area contributed by atoms with Gasteiger partial charge in [0.25, 0.3) is 5.91 Å². The Morgan fingerprint density at radius 1 is 1.17 bits per heavy atom. The van der Waals surface area contributed by atoms with Crippen LogP contribution in [0.4, 0.5) is 0 Å². The predicted octanol–water partition coefficient (Wildman–Crippen LogP) is 3.89. The van der Waals surface area contributed by atoms with E-state index in [0.29, 0.717) is 6.04 Å². The molecular formula is C20H23NO2S. The van der Waals surface area contributed by atoms with Gasteiger partial charge in [0, 0.05) is 24.1 Å². The number of benzene rings is 1.